The minimum Gasteiger partial charge on any atom is -0.493 e. The van der Waals surface area contributed by atoms with Gasteiger partial charge in [0.25, 0.3) is 0 Å². The largest absolute Gasteiger partial charge is 0.493 e. The Balaban J connectivity index is 2.82. The van der Waals surface area contributed by atoms with Crippen LogP contribution < -0.4 is 0 Å². The topological polar surface area (TPSA) is 29.5 Å². The molecule has 2 heteroatoms. The van der Waals surface area contributed by atoms with Crippen LogP contribution in [-0.2, 0) is 4.74 Å². The van der Waals surface area contributed by atoms with E-state index < -0.39 is 0 Å². The lowest BCUT2D eigenvalue weighted by Gasteiger charge is -1.93. The Kier molecular flexibility index (Phi) is 5.71. The first kappa shape index (κ1) is 7.28. The third kappa shape index (κ3) is 5.28. The first-order chi connectivity index (χ1) is 3.91. The van der Waals surface area contributed by atoms with Gasteiger partial charge in [0.2, 0.25) is 0 Å². The highest BCUT2D eigenvalue weighted by Gasteiger charge is 1.78. The van der Waals surface area contributed by atoms with Gasteiger partial charge in [0.05, 0.1) is 6.61 Å². The molecule has 0 aromatic heterocycles. The second kappa shape index (κ2) is 6.28. The van der Waals surface area contributed by atoms with Crippen LogP contribution in [0.2, 0.25) is 0 Å². The minimum absolute atomic E-state index is 0.172. The summed E-state index contributed by atoms with van der Waals surface area (Å²) in [6.45, 7) is 4.00. The molecule has 0 heterocycles. The number of rotatable bonds is 4. The predicted molar refractivity (Wildman–Crippen MR) is 31.4 cm³/mol. The summed E-state index contributed by atoms with van der Waals surface area (Å²) >= 11 is 0. The highest BCUT2D eigenvalue weighted by molar-refractivity contribution is 4.63. The zero-order chi connectivity index (χ0) is 6.24. The second-order valence-electron chi connectivity index (χ2n) is 1.27. The smallest absolute Gasteiger partial charge is 0.124 e. The van der Waals surface area contributed by atoms with Crippen molar-refractivity contribution in [3.05, 3.63) is 18.6 Å². The molecule has 0 fully saturated rings. The van der Waals surface area contributed by atoms with Crippen LogP contribution in [0.3, 0.4) is 0 Å². The van der Waals surface area contributed by atoms with E-state index in [0.29, 0.717) is 13.0 Å². The molecule has 8 heavy (non-hydrogen) atoms. The molecule has 1 N–H and O–H groups in total. The normalized spacial score (nSPS) is 7.62. The van der Waals surface area contributed by atoms with Crippen molar-refractivity contribution in [3.8, 4) is 0 Å². The van der Waals surface area contributed by atoms with Gasteiger partial charge in [-0.3, -0.25) is 0 Å². The van der Waals surface area contributed by atoms with E-state index in [1.807, 2.05) is 0 Å². The van der Waals surface area contributed by atoms with Crippen molar-refractivity contribution in [1.29, 1.82) is 0 Å². The molecule has 0 aromatic carbocycles. The van der Waals surface area contributed by atoms with Gasteiger partial charge in [0.15, 0.2) is 0 Å². The first-order valence-electron chi connectivity index (χ1n) is 2.48. The SMILES string of the molecule is C=C=COCCCO. The molecule has 0 aromatic rings. The van der Waals surface area contributed by atoms with Gasteiger partial charge in [-0.05, 0) is 0 Å². The molecule has 0 amide bonds. The fourth-order valence-electron chi connectivity index (χ4n) is 0.266. The van der Waals surface area contributed by atoms with Gasteiger partial charge >= 0.3 is 0 Å². The molecule has 0 aliphatic rings. The molecular formula is C6H10O2. The Morgan fingerprint density at radius 3 is 3.00 bits per heavy atom. The van der Waals surface area contributed by atoms with Crippen molar-refractivity contribution < 1.29 is 9.84 Å². The quantitative estimate of drug-likeness (QED) is 0.331. The van der Waals surface area contributed by atoms with Gasteiger partial charge in [-0.15, -0.1) is 0 Å². The highest BCUT2D eigenvalue weighted by atomic mass is 16.5. The van der Waals surface area contributed by atoms with Crippen LogP contribution in [0, 0.1) is 0 Å². The van der Waals surface area contributed by atoms with Gasteiger partial charge < -0.3 is 9.84 Å². The van der Waals surface area contributed by atoms with Crippen LogP contribution in [0.5, 0.6) is 0 Å². The molecule has 2 nitrogen and oxygen atoms in total. The fourth-order valence-corrected chi connectivity index (χ4v) is 0.266. The summed E-state index contributed by atoms with van der Waals surface area (Å²) < 4.78 is 4.76. The van der Waals surface area contributed by atoms with Crippen molar-refractivity contribution in [3.63, 3.8) is 0 Å². The Labute approximate surface area is 49.1 Å². The third-order valence-electron chi connectivity index (χ3n) is 0.587. The van der Waals surface area contributed by atoms with Crippen LogP contribution in [0.25, 0.3) is 0 Å². The zero-order valence-corrected chi connectivity index (χ0v) is 4.76. The van der Waals surface area contributed by atoms with Crippen LogP contribution in [-0.4, -0.2) is 18.3 Å². The maximum Gasteiger partial charge on any atom is 0.124 e. The molecular weight excluding hydrogens is 104 g/mol. The van der Waals surface area contributed by atoms with Crippen LogP contribution >= 0.6 is 0 Å². The van der Waals surface area contributed by atoms with Crippen molar-refractivity contribution in [2.75, 3.05) is 13.2 Å². The van der Waals surface area contributed by atoms with E-state index in [1.165, 1.54) is 6.26 Å². The Bertz CT molecular complexity index is 82.5. The van der Waals surface area contributed by atoms with E-state index in [2.05, 4.69) is 12.3 Å². The Morgan fingerprint density at radius 2 is 2.50 bits per heavy atom. The first-order valence-corrected chi connectivity index (χ1v) is 2.48. The maximum atomic E-state index is 8.24. The number of hydrogen-bond acceptors (Lipinski definition) is 2. The molecule has 0 saturated carbocycles. The molecule has 0 bridgehead atoms. The van der Waals surface area contributed by atoms with Gasteiger partial charge in [0, 0.05) is 13.0 Å². The van der Waals surface area contributed by atoms with Crippen LogP contribution in [0.15, 0.2) is 18.6 Å². The summed E-state index contributed by atoms with van der Waals surface area (Å²) in [5.41, 5.74) is 2.45. The molecule has 0 radical (unpaired) electrons. The van der Waals surface area contributed by atoms with Crippen molar-refractivity contribution in [1.82, 2.24) is 0 Å². The monoisotopic (exact) mass is 114 g/mol. The number of ether oxygens (including phenoxy) is 1. The van der Waals surface area contributed by atoms with E-state index in [9.17, 15) is 0 Å². The highest BCUT2D eigenvalue weighted by Crippen LogP contribution is 1.78. The average Bonchev–Trinajstić information content (AvgIpc) is 1.81. The molecule has 0 aliphatic carbocycles. The fraction of sp³-hybridized carbons (Fsp3) is 0.500. The van der Waals surface area contributed by atoms with E-state index in [0.717, 1.165) is 0 Å². The lowest BCUT2D eigenvalue weighted by molar-refractivity contribution is 0.200. The van der Waals surface area contributed by atoms with Gasteiger partial charge in [-0.1, -0.05) is 12.3 Å². The second-order valence-corrected chi connectivity index (χ2v) is 1.27. The number of aliphatic hydroxyl groups excluding tert-OH is 1. The molecule has 0 atom stereocenters. The van der Waals surface area contributed by atoms with Gasteiger partial charge in [-0.2, -0.15) is 0 Å². The van der Waals surface area contributed by atoms with Crippen LogP contribution in [0.4, 0.5) is 0 Å². The number of aliphatic hydroxyl groups is 1. The number of hydrogen-bond donors (Lipinski definition) is 1. The lowest BCUT2D eigenvalue weighted by atomic mass is 10.5. The summed E-state index contributed by atoms with van der Waals surface area (Å²) in [5, 5.41) is 8.24. The molecule has 0 saturated heterocycles. The van der Waals surface area contributed by atoms with Gasteiger partial charge in [-0.25, -0.2) is 0 Å². The Morgan fingerprint density at radius 1 is 1.75 bits per heavy atom. The average molecular weight is 114 g/mol. The molecule has 0 unspecified atom stereocenters. The molecule has 0 rings (SSSR count). The summed E-state index contributed by atoms with van der Waals surface area (Å²) in [4.78, 5) is 0. The van der Waals surface area contributed by atoms with Crippen molar-refractivity contribution >= 4 is 0 Å². The minimum atomic E-state index is 0.172. The van der Waals surface area contributed by atoms with E-state index >= 15 is 0 Å². The zero-order valence-electron chi connectivity index (χ0n) is 4.76. The van der Waals surface area contributed by atoms with Crippen molar-refractivity contribution in [2.24, 2.45) is 0 Å². The van der Waals surface area contributed by atoms with E-state index in [1.54, 1.807) is 0 Å². The lowest BCUT2D eigenvalue weighted by Crippen LogP contribution is -1.90. The summed E-state index contributed by atoms with van der Waals surface area (Å²) in [6.07, 6.45) is 2.05. The van der Waals surface area contributed by atoms with Crippen molar-refractivity contribution in [2.45, 2.75) is 6.42 Å². The molecule has 0 aliphatic heterocycles. The van der Waals surface area contributed by atoms with E-state index in [4.69, 9.17) is 9.84 Å². The maximum absolute atomic E-state index is 8.24. The standard InChI is InChI=1S/C6H10O2/c1-2-5-8-6-3-4-7/h5,7H,1,3-4,6H2. The summed E-state index contributed by atoms with van der Waals surface area (Å²) in [5.74, 6) is 0. The summed E-state index contributed by atoms with van der Waals surface area (Å²) in [6, 6.07) is 0. The van der Waals surface area contributed by atoms with Gasteiger partial charge in [0.1, 0.15) is 6.26 Å². The van der Waals surface area contributed by atoms with Crippen LogP contribution in [0.1, 0.15) is 6.42 Å². The predicted octanol–water partition coefficient (Wildman–Crippen LogP) is 0.684. The van der Waals surface area contributed by atoms with E-state index in [-0.39, 0.29) is 6.61 Å². The molecule has 46 valence electrons. The Hall–Kier alpha value is -0.720. The summed E-state index contributed by atoms with van der Waals surface area (Å²) in [7, 11) is 0. The third-order valence-corrected chi connectivity index (χ3v) is 0.587. The molecule has 0 spiro atoms.